The molecule has 5 heteroatoms. The number of aryl methyl sites for hydroxylation is 1. The highest BCUT2D eigenvalue weighted by molar-refractivity contribution is 5.34. The molecule has 1 fully saturated rings. The Balaban J connectivity index is 1.45. The first-order chi connectivity index (χ1) is 15.9. The van der Waals surface area contributed by atoms with Crippen LogP contribution in [0.1, 0.15) is 43.4 Å². The van der Waals surface area contributed by atoms with Crippen LogP contribution in [0.4, 0.5) is 4.39 Å². The van der Waals surface area contributed by atoms with Crippen LogP contribution in [0.2, 0.25) is 0 Å². The molecule has 0 amide bonds. The van der Waals surface area contributed by atoms with Crippen molar-refractivity contribution < 1.29 is 18.6 Å². The van der Waals surface area contributed by atoms with Crippen LogP contribution in [-0.4, -0.2) is 37.8 Å². The molecule has 0 aromatic heterocycles. The summed E-state index contributed by atoms with van der Waals surface area (Å²) in [5, 5.41) is 0. The van der Waals surface area contributed by atoms with Crippen LogP contribution in [-0.2, 0) is 21.7 Å². The second-order valence-electron chi connectivity index (χ2n) is 9.00. The normalized spacial score (nSPS) is 19.9. The van der Waals surface area contributed by atoms with E-state index < -0.39 is 5.79 Å². The van der Waals surface area contributed by atoms with Gasteiger partial charge in [0.25, 0.3) is 0 Å². The summed E-state index contributed by atoms with van der Waals surface area (Å²) in [4.78, 5) is 2.41. The minimum absolute atomic E-state index is 0.222. The maximum Gasteiger partial charge on any atom is 0.195 e. The molecule has 0 bridgehead atoms. The molecule has 4 nitrogen and oxygen atoms in total. The highest BCUT2D eigenvalue weighted by Gasteiger charge is 2.38. The lowest BCUT2D eigenvalue weighted by Crippen LogP contribution is -2.37. The van der Waals surface area contributed by atoms with Crippen LogP contribution in [0.5, 0.6) is 5.75 Å². The number of halogens is 1. The summed E-state index contributed by atoms with van der Waals surface area (Å²) in [5.74, 6) is -0.210. The molecule has 33 heavy (non-hydrogen) atoms. The number of rotatable bonds is 8. The topological polar surface area (TPSA) is 30.9 Å². The third-order valence-electron chi connectivity index (χ3n) is 6.91. The largest absolute Gasteiger partial charge is 0.497 e. The van der Waals surface area contributed by atoms with Crippen LogP contribution >= 0.6 is 0 Å². The van der Waals surface area contributed by atoms with Gasteiger partial charge in [0.2, 0.25) is 0 Å². The molecular weight excluding hydrogens is 417 g/mol. The zero-order valence-electron chi connectivity index (χ0n) is 20.1. The molecule has 0 spiro atoms. The van der Waals surface area contributed by atoms with Gasteiger partial charge in [-0.1, -0.05) is 24.3 Å². The third kappa shape index (κ3) is 5.15. The maximum absolute atomic E-state index is 14.3. The minimum Gasteiger partial charge on any atom is -0.497 e. The Bertz CT molecular complexity index is 1020. The van der Waals surface area contributed by atoms with Crippen LogP contribution in [0.25, 0.3) is 0 Å². The Labute approximate surface area is 196 Å². The zero-order chi connectivity index (χ0) is 23.4. The van der Waals surface area contributed by atoms with Crippen molar-refractivity contribution in [3.63, 3.8) is 0 Å². The fourth-order valence-corrected chi connectivity index (χ4v) is 4.67. The van der Waals surface area contributed by atoms with Crippen molar-refractivity contribution in [2.75, 3.05) is 26.9 Å². The molecule has 0 N–H and O–H groups in total. The molecule has 2 aromatic rings. The first-order valence-corrected chi connectivity index (χ1v) is 11.7. The first-order valence-electron chi connectivity index (χ1n) is 11.7. The zero-order valence-corrected chi connectivity index (χ0v) is 20.1. The Morgan fingerprint density at radius 2 is 1.79 bits per heavy atom. The second-order valence-corrected chi connectivity index (χ2v) is 9.00. The Hall–Kier alpha value is -2.63. The van der Waals surface area contributed by atoms with Crippen LogP contribution in [0, 0.1) is 12.7 Å². The van der Waals surface area contributed by atoms with Gasteiger partial charge in [0, 0.05) is 18.5 Å². The summed E-state index contributed by atoms with van der Waals surface area (Å²) in [6.07, 6.45) is 6.86. The van der Waals surface area contributed by atoms with E-state index in [-0.39, 0.29) is 5.82 Å². The number of hydrogen-bond acceptors (Lipinski definition) is 4. The predicted molar refractivity (Wildman–Crippen MR) is 129 cm³/mol. The molecule has 176 valence electrons. The number of nitrogens with zero attached hydrogens (tertiary/aromatic N) is 1. The van der Waals surface area contributed by atoms with Crippen molar-refractivity contribution in [3.8, 4) is 5.75 Å². The van der Waals surface area contributed by atoms with E-state index >= 15 is 0 Å². The van der Waals surface area contributed by atoms with Crippen LogP contribution in [0.15, 0.2) is 65.9 Å². The highest BCUT2D eigenvalue weighted by atomic mass is 19.1. The Morgan fingerprint density at radius 1 is 1.06 bits per heavy atom. The molecule has 4 rings (SSSR count). The average Bonchev–Trinajstić information content (AvgIpc) is 3.30. The molecule has 1 atom stereocenters. The van der Waals surface area contributed by atoms with E-state index in [4.69, 9.17) is 14.2 Å². The van der Waals surface area contributed by atoms with Crippen molar-refractivity contribution >= 4 is 0 Å². The van der Waals surface area contributed by atoms with E-state index in [1.165, 1.54) is 16.7 Å². The maximum atomic E-state index is 14.3. The summed E-state index contributed by atoms with van der Waals surface area (Å²) in [7, 11) is 1.69. The lowest BCUT2D eigenvalue weighted by atomic mass is 9.92. The molecule has 0 radical (unpaired) electrons. The van der Waals surface area contributed by atoms with Gasteiger partial charge in [-0.15, -0.1) is 0 Å². The molecular formula is C28H34FNO3. The summed E-state index contributed by atoms with van der Waals surface area (Å²) in [6.45, 7) is 8.09. The number of allylic oxidation sites excluding steroid dienone is 2. The van der Waals surface area contributed by atoms with E-state index in [0.29, 0.717) is 31.2 Å². The van der Waals surface area contributed by atoms with E-state index in [9.17, 15) is 4.39 Å². The van der Waals surface area contributed by atoms with Crippen molar-refractivity contribution in [3.05, 3.63) is 88.4 Å². The fourth-order valence-electron chi connectivity index (χ4n) is 4.67. The van der Waals surface area contributed by atoms with Crippen molar-refractivity contribution in [1.29, 1.82) is 0 Å². The first kappa shape index (κ1) is 23.5. The van der Waals surface area contributed by atoms with Gasteiger partial charge in [0.05, 0.1) is 26.4 Å². The van der Waals surface area contributed by atoms with Gasteiger partial charge in [-0.3, -0.25) is 0 Å². The predicted octanol–water partition coefficient (Wildman–Crippen LogP) is 5.90. The SMILES string of the molecule is COc1ccc(CC2C(C)=C(C)C=CN2CCCC2(c3ccc(C)c(F)c3)OCCO2)cc1. The van der Waals surface area contributed by atoms with E-state index in [1.54, 1.807) is 26.2 Å². The molecule has 2 aliphatic heterocycles. The number of benzene rings is 2. The van der Waals surface area contributed by atoms with Gasteiger partial charge in [-0.25, -0.2) is 4.39 Å². The van der Waals surface area contributed by atoms with Gasteiger partial charge in [-0.05, 0) is 86.4 Å². The molecule has 2 aromatic carbocycles. The molecule has 0 saturated carbocycles. The van der Waals surface area contributed by atoms with Gasteiger partial charge in [-0.2, -0.15) is 0 Å². The molecule has 2 aliphatic rings. The smallest absolute Gasteiger partial charge is 0.195 e. The number of hydrogen-bond donors (Lipinski definition) is 0. The van der Waals surface area contributed by atoms with Gasteiger partial charge < -0.3 is 19.1 Å². The summed E-state index contributed by atoms with van der Waals surface area (Å²) in [6, 6.07) is 13.9. The molecule has 0 aliphatic carbocycles. The van der Waals surface area contributed by atoms with Crippen LogP contribution < -0.4 is 4.74 Å². The molecule has 1 unspecified atom stereocenters. The summed E-state index contributed by atoms with van der Waals surface area (Å²) < 4.78 is 31.7. The summed E-state index contributed by atoms with van der Waals surface area (Å²) in [5.41, 5.74) is 5.38. The molecule has 1 saturated heterocycles. The van der Waals surface area contributed by atoms with Crippen molar-refractivity contribution in [2.45, 2.75) is 51.9 Å². The van der Waals surface area contributed by atoms with Gasteiger partial charge in [0.1, 0.15) is 11.6 Å². The van der Waals surface area contributed by atoms with E-state index in [0.717, 1.165) is 30.7 Å². The monoisotopic (exact) mass is 451 g/mol. The average molecular weight is 452 g/mol. The third-order valence-corrected chi connectivity index (χ3v) is 6.91. The molecule has 2 heterocycles. The standard InChI is InChI=1S/C28H34FNO3/c1-20-12-15-30(27(22(20)3)18-23-7-10-25(31-4)11-8-23)14-5-13-28(32-16-17-33-28)24-9-6-21(2)26(29)19-24/h6-12,15,19,27H,5,13-14,16-18H2,1-4H3. The van der Waals surface area contributed by atoms with E-state index in [1.807, 2.05) is 18.2 Å². The minimum atomic E-state index is -0.861. The van der Waals surface area contributed by atoms with Crippen molar-refractivity contribution in [1.82, 2.24) is 4.90 Å². The second kappa shape index (κ2) is 10.1. The van der Waals surface area contributed by atoms with Crippen LogP contribution in [0.3, 0.4) is 0 Å². The lowest BCUT2D eigenvalue weighted by molar-refractivity contribution is -0.172. The number of ether oxygens (including phenoxy) is 3. The Kier molecular flexibility index (Phi) is 7.20. The van der Waals surface area contributed by atoms with Gasteiger partial charge in [0.15, 0.2) is 5.79 Å². The lowest BCUT2D eigenvalue weighted by Gasteiger charge is -2.36. The fraction of sp³-hybridized carbons (Fsp3) is 0.429. The highest BCUT2D eigenvalue weighted by Crippen LogP contribution is 2.37. The summed E-state index contributed by atoms with van der Waals surface area (Å²) >= 11 is 0. The quantitative estimate of drug-likeness (QED) is 0.500. The van der Waals surface area contributed by atoms with E-state index in [2.05, 4.69) is 43.2 Å². The Morgan fingerprint density at radius 3 is 2.45 bits per heavy atom. The van der Waals surface area contributed by atoms with Gasteiger partial charge >= 0.3 is 0 Å². The number of methoxy groups -OCH3 is 1. The van der Waals surface area contributed by atoms with Crippen molar-refractivity contribution in [2.24, 2.45) is 0 Å².